The van der Waals surface area contributed by atoms with Crippen LogP contribution in [0, 0.1) is 0 Å². The molecule has 1 unspecified atom stereocenters. The molecule has 21 heavy (non-hydrogen) atoms. The van der Waals surface area contributed by atoms with Gasteiger partial charge in [-0.1, -0.05) is 35.3 Å². The Hall–Kier alpha value is -0.580. The molecule has 1 aromatic heterocycles. The molecule has 5 heteroatoms. The van der Waals surface area contributed by atoms with Gasteiger partial charge in [0, 0.05) is 24.5 Å². The zero-order valence-electron chi connectivity index (χ0n) is 11.7. The maximum absolute atomic E-state index is 6.23. The minimum atomic E-state index is 0.264. The van der Waals surface area contributed by atoms with Crippen LogP contribution in [0.1, 0.15) is 22.9 Å². The van der Waals surface area contributed by atoms with Gasteiger partial charge in [0.25, 0.3) is 0 Å². The SMILES string of the molecule is Clc1ccc(C(c2cccs2)N2CCCNCC2)cc1Cl. The van der Waals surface area contributed by atoms with E-state index in [1.54, 1.807) is 11.3 Å². The maximum atomic E-state index is 6.23. The van der Waals surface area contributed by atoms with Crippen molar-refractivity contribution in [2.24, 2.45) is 0 Å². The van der Waals surface area contributed by atoms with Crippen molar-refractivity contribution in [1.29, 1.82) is 0 Å². The summed E-state index contributed by atoms with van der Waals surface area (Å²) in [6, 6.07) is 10.6. The van der Waals surface area contributed by atoms with E-state index in [2.05, 4.69) is 33.8 Å². The fraction of sp³-hybridized carbons (Fsp3) is 0.375. The first-order chi connectivity index (χ1) is 10.3. The van der Waals surface area contributed by atoms with E-state index in [9.17, 15) is 0 Å². The average molecular weight is 341 g/mol. The first-order valence-corrected chi connectivity index (χ1v) is 8.82. The van der Waals surface area contributed by atoms with E-state index in [1.165, 1.54) is 16.9 Å². The highest BCUT2D eigenvalue weighted by Gasteiger charge is 2.24. The fourth-order valence-corrected chi connectivity index (χ4v) is 4.00. The van der Waals surface area contributed by atoms with Gasteiger partial charge in [0.05, 0.1) is 16.1 Å². The maximum Gasteiger partial charge on any atom is 0.0697 e. The minimum absolute atomic E-state index is 0.264. The van der Waals surface area contributed by atoms with Crippen molar-refractivity contribution in [3.8, 4) is 0 Å². The lowest BCUT2D eigenvalue weighted by molar-refractivity contribution is 0.244. The summed E-state index contributed by atoms with van der Waals surface area (Å²) in [5.41, 5.74) is 1.22. The smallest absolute Gasteiger partial charge is 0.0697 e. The first-order valence-electron chi connectivity index (χ1n) is 7.19. The molecule has 1 N–H and O–H groups in total. The lowest BCUT2D eigenvalue weighted by Crippen LogP contribution is -2.32. The predicted octanol–water partition coefficient (Wildman–Crippen LogP) is 4.44. The van der Waals surface area contributed by atoms with Crippen LogP contribution in [-0.2, 0) is 0 Å². The van der Waals surface area contributed by atoms with Gasteiger partial charge in [0.15, 0.2) is 0 Å². The molecule has 3 rings (SSSR count). The van der Waals surface area contributed by atoms with Gasteiger partial charge >= 0.3 is 0 Å². The Labute approximate surface area is 139 Å². The van der Waals surface area contributed by atoms with Gasteiger partial charge < -0.3 is 5.32 Å². The average Bonchev–Trinajstić information content (AvgIpc) is 2.86. The standard InChI is InChI=1S/C16H18Cl2N2S/c17-13-5-4-12(11-14(13)18)16(15-3-1-10-21-15)20-8-2-6-19-7-9-20/h1,3-5,10-11,16,19H,2,6-9H2. The Kier molecular flexibility index (Phi) is 5.19. The number of nitrogens with one attached hydrogen (secondary N) is 1. The molecule has 2 nitrogen and oxygen atoms in total. The molecule has 112 valence electrons. The number of halogens is 2. The molecule has 1 fully saturated rings. The highest BCUT2D eigenvalue weighted by atomic mass is 35.5. The molecule has 0 aliphatic carbocycles. The molecule has 1 aliphatic rings. The second kappa shape index (κ2) is 7.12. The monoisotopic (exact) mass is 340 g/mol. The molecule has 1 aliphatic heterocycles. The molecule has 2 heterocycles. The second-order valence-electron chi connectivity index (χ2n) is 5.23. The zero-order valence-corrected chi connectivity index (χ0v) is 14.0. The Bertz CT molecular complexity index is 578. The zero-order chi connectivity index (χ0) is 14.7. The van der Waals surface area contributed by atoms with Crippen molar-refractivity contribution < 1.29 is 0 Å². The summed E-state index contributed by atoms with van der Waals surface area (Å²) < 4.78 is 0. The van der Waals surface area contributed by atoms with Crippen molar-refractivity contribution in [3.05, 3.63) is 56.2 Å². The van der Waals surface area contributed by atoms with Gasteiger partial charge in [-0.15, -0.1) is 11.3 Å². The molecule has 0 bridgehead atoms. The molecule has 0 spiro atoms. The number of benzene rings is 1. The van der Waals surface area contributed by atoms with E-state index in [0.717, 1.165) is 26.2 Å². The van der Waals surface area contributed by atoms with Crippen LogP contribution in [-0.4, -0.2) is 31.1 Å². The first kappa shape index (κ1) is 15.3. The number of rotatable bonds is 3. The summed E-state index contributed by atoms with van der Waals surface area (Å²) in [6.07, 6.45) is 1.17. The quantitative estimate of drug-likeness (QED) is 0.888. The normalized spacial score (nSPS) is 18.4. The Morgan fingerprint density at radius 2 is 2.00 bits per heavy atom. The summed E-state index contributed by atoms with van der Waals surface area (Å²) in [4.78, 5) is 3.89. The Morgan fingerprint density at radius 1 is 1.10 bits per heavy atom. The second-order valence-corrected chi connectivity index (χ2v) is 7.02. The predicted molar refractivity (Wildman–Crippen MR) is 91.7 cm³/mol. The number of thiophene rings is 1. The van der Waals surface area contributed by atoms with Gasteiger partial charge in [0.1, 0.15) is 0 Å². The lowest BCUT2D eigenvalue weighted by atomic mass is 10.0. The van der Waals surface area contributed by atoms with Crippen LogP contribution >= 0.6 is 34.5 Å². The molecular formula is C16H18Cl2N2S. The third-order valence-corrected chi connectivity index (χ3v) is 5.48. The van der Waals surface area contributed by atoms with Crippen molar-refractivity contribution in [2.45, 2.75) is 12.5 Å². The Balaban J connectivity index is 1.97. The third-order valence-electron chi connectivity index (χ3n) is 3.81. The van der Waals surface area contributed by atoms with Crippen LogP contribution in [0.5, 0.6) is 0 Å². The molecule has 1 saturated heterocycles. The summed E-state index contributed by atoms with van der Waals surface area (Å²) in [5.74, 6) is 0. The fourth-order valence-electron chi connectivity index (χ4n) is 2.81. The highest BCUT2D eigenvalue weighted by molar-refractivity contribution is 7.10. The van der Waals surface area contributed by atoms with Crippen LogP contribution in [0.25, 0.3) is 0 Å². The molecule has 0 amide bonds. The Morgan fingerprint density at radius 3 is 2.76 bits per heavy atom. The summed E-state index contributed by atoms with van der Waals surface area (Å²) in [6.45, 7) is 4.26. The largest absolute Gasteiger partial charge is 0.315 e. The van der Waals surface area contributed by atoms with E-state index in [4.69, 9.17) is 23.2 Å². The van der Waals surface area contributed by atoms with Gasteiger partial charge in [-0.05, 0) is 42.1 Å². The van der Waals surface area contributed by atoms with Gasteiger partial charge in [-0.25, -0.2) is 0 Å². The van der Waals surface area contributed by atoms with Crippen molar-refractivity contribution in [2.75, 3.05) is 26.2 Å². The molecule has 1 atom stereocenters. The minimum Gasteiger partial charge on any atom is -0.315 e. The molecule has 2 aromatic rings. The van der Waals surface area contributed by atoms with Crippen LogP contribution in [0.15, 0.2) is 35.7 Å². The number of nitrogens with zero attached hydrogens (tertiary/aromatic N) is 1. The number of hydrogen-bond acceptors (Lipinski definition) is 3. The molecular weight excluding hydrogens is 323 g/mol. The van der Waals surface area contributed by atoms with E-state index < -0.39 is 0 Å². The van der Waals surface area contributed by atoms with E-state index in [1.807, 2.05) is 12.1 Å². The van der Waals surface area contributed by atoms with E-state index in [-0.39, 0.29) is 6.04 Å². The summed E-state index contributed by atoms with van der Waals surface area (Å²) in [7, 11) is 0. The molecule has 0 saturated carbocycles. The lowest BCUT2D eigenvalue weighted by Gasteiger charge is -2.30. The molecule has 0 radical (unpaired) electrons. The van der Waals surface area contributed by atoms with Gasteiger partial charge in [-0.2, -0.15) is 0 Å². The third kappa shape index (κ3) is 3.61. The van der Waals surface area contributed by atoms with Crippen LogP contribution < -0.4 is 5.32 Å². The van der Waals surface area contributed by atoms with Crippen molar-refractivity contribution >= 4 is 34.5 Å². The van der Waals surface area contributed by atoms with Crippen LogP contribution in [0.4, 0.5) is 0 Å². The van der Waals surface area contributed by atoms with Gasteiger partial charge in [0.2, 0.25) is 0 Å². The van der Waals surface area contributed by atoms with Crippen molar-refractivity contribution in [1.82, 2.24) is 10.2 Å². The van der Waals surface area contributed by atoms with Crippen LogP contribution in [0.2, 0.25) is 10.0 Å². The molecule has 1 aromatic carbocycles. The van der Waals surface area contributed by atoms with Gasteiger partial charge in [-0.3, -0.25) is 4.90 Å². The van der Waals surface area contributed by atoms with E-state index >= 15 is 0 Å². The number of hydrogen-bond donors (Lipinski definition) is 1. The van der Waals surface area contributed by atoms with Crippen molar-refractivity contribution in [3.63, 3.8) is 0 Å². The van der Waals surface area contributed by atoms with E-state index in [0.29, 0.717) is 10.0 Å². The summed E-state index contributed by atoms with van der Waals surface area (Å²) >= 11 is 14.1. The highest BCUT2D eigenvalue weighted by Crippen LogP contribution is 2.35. The summed E-state index contributed by atoms with van der Waals surface area (Å²) in [5, 5.41) is 6.84. The topological polar surface area (TPSA) is 15.3 Å². The van der Waals surface area contributed by atoms with Crippen LogP contribution in [0.3, 0.4) is 0 Å².